The molecule has 26 heavy (non-hydrogen) atoms. The van der Waals surface area contributed by atoms with Crippen LogP contribution in [0.3, 0.4) is 0 Å². The second-order valence-corrected chi connectivity index (χ2v) is 8.24. The molecule has 5 nitrogen and oxygen atoms in total. The van der Waals surface area contributed by atoms with Crippen molar-refractivity contribution in [3.05, 3.63) is 60.2 Å². The minimum absolute atomic E-state index is 0.271. The van der Waals surface area contributed by atoms with Gasteiger partial charge in [0.15, 0.2) is 4.34 Å². The van der Waals surface area contributed by atoms with E-state index in [0.29, 0.717) is 27.4 Å². The fraction of sp³-hybridized carbons (Fsp3) is 0.211. The molecule has 1 N–H and O–H groups in total. The van der Waals surface area contributed by atoms with E-state index in [9.17, 15) is 4.79 Å². The lowest BCUT2D eigenvalue weighted by molar-refractivity contribution is 0.102. The molecule has 3 rings (SSSR count). The van der Waals surface area contributed by atoms with E-state index in [0.717, 1.165) is 10.8 Å². The van der Waals surface area contributed by atoms with E-state index in [4.69, 9.17) is 4.74 Å². The molecular weight excluding hydrogens is 366 g/mol. The number of benzene rings is 2. The van der Waals surface area contributed by atoms with Crippen molar-refractivity contribution in [2.75, 3.05) is 5.32 Å². The second-order valence-electron chi connectivity index (χ2n) is 5.58. The maximum Gasteiger partial charge on any atom is 0.261 e. The number of hydrogen-bond donors (Lipinski definition) is 1. The molecule has 1 unspecified atom stereocenters. The van der Waals surface area contributed by atoms with Gasteiger partial charge in [-0.05, 0) is 30.7 Å². The summed E-state index contributed by atoms with van der Waals surface area (Å²) >= 11 is 3.04. The topological polar surface area (TPSA) is 64.1 Å². The predicted octanol–water partition coefficient (Wildman–Crippen LogP) is 5.47. The molecule has 3 aromatic rings. The molecule has 0 radical (unpaired) electrons. The van der Waals surface area contributed by atoms with Crippen LogP contribution < -0.4 is 10.1 Å². The molecule has 134 valence electrons. The lowest BCUT2D eigenvalue weighted by atomic mass is 10.2. The van der Waals surface area contributed by atoms with Crippen molar-refractivity contribution in [2.45, 2.75) is 29.9 Å². The molecule has 0 aliphatic rings. The van der Waals surface area contributed by atoms with Crippen molar-refractivity contribution in [1.29, 1.82) is 0 Å². The molecule has 0 spiro atoms. The highest BCUT2D eigenvalue weighted by Gasteiger charge is 2.16. The standard InChI is InChI=1S/C19H19N3O2S2/c1-3-13(2)25-19-22-21-18(26-19)20-17(23)15-11-7-8-12-16(15)24-14-9-5-4-6-10-14/h4-13H,3H2,1-2H3,(H,20,21,23). The largest absolute Gasteiger partial charge is 0.457 e. The van der Waals surface area contributed by atoms with Gasteiger partial charge in [-0.25, -0.2) is 0 Å². The van der Waals surface area contributed by atoms with Gasteiger partial charge in [0.05, 0.1) is 5.56 Å². The fourth-order valence-electron chi connectivity index (χ4n) is 2.09. The number of thioether (sulfide) groups is 1. The summed E-state index contributed by atoms with van der Waals surface area (Å²) in [5.41, 5.74) is 0.447. The minimum Gasteiger partial charge on any atom is -0.457 e. The number of carbonyl (C=O) groups is 1. The molecule has 1 amide bonds. The van der Waals surface area contributed by atoms with Crippen LogP contribution in [0.25, 0.3) is 0 Å². The number of para-hydroxylation sites is 2. The quantitative estimate of drug-likeness (QED) is 0.431. The van der Waals surface area contributed by atoms with Gasteiger partial charge >= 0.3 is 0 Å². The number of ether oxygens (including phenoxy) is 1. The summed E-state index contributed by atoms with van der Waals surface area (Å²) in [7, 11) is 0. The number of aromatic nitrogens is 2. The van der Waals surface area contributed by atoms with Crippen LogP contribution in [0.5, 0.6) is 11.5 Å². The van der Waals surface area contributed by atoms with Crippen molar-refractivity contribution in [3.63, 3.8) is 0 Å². The Hall–Kier alpha value is -2.38. The van der Waals surface area contributed by atoms with Crippen molar-refractivity contribution in [1.82, 2.24) is 10.2 Å². The van der Waals surface area contributed by atoms with E-state index in [-0.39, 0.29) is 5.91 Å². The summed E-state index contributed by atoms with van der Waals surface area (Å²) < 4.78 is 6.69. The monoisotopic (exact) mass is 385 g/mol. The Kier molecular flexibility index (Phi) is 6.25. The number of amides is 1. The summed E-state index contributed by atoms with van der Waals surface area (Å²) in [4.78, 5) is 12.7. The molecule has 0 aliphatic carbocycles. The van der Waals surface area contributed by atoms with Crippen LogP contribution >= 0.6 is 23.1 Å². The smallest absolute Gasteiger partial charge is 0.261 e. The molecule has 0 fully saturated rings. The average Bonchev–Trinajstić information content (AvgIpc) is 3.09. The molecule has 0 saturated carbocycles. The average molecular weight is 386 g/mol. The highest BCUT2D eigenvalue weighted by Crippen LogP contribution is 2.31. The zero-order valence-corrected chi connectivity index (χ0v) is 16.1. The van der Waals surface area contributed by atoms with Gasteiger partial charge in [-0.1, -0.05) is 67.3 Å². The number of anilines is 1. The van der Waals surface area contributed by atoms with Crippen molar-refractivity contribution in [3.8, 4) is 11.5 Å². The molecule has 0 aliphatic heterocycles. The highest BCUT2D eigenvalue weighted by molar-refractivity contribution is 8.01. The lowest BCUT2D eigenvalue weighted by Crippen LogP contribution is -2.12. The Labute approximate surface area is 160 Å². The SMILES string of the molecule is CCC(C)Sc1nnc(NC(=O)c2ccccc2Oc2ccccc2)s1. The van der Waals surface area contributed by atoms with Crippen molar-refractivity contribution in [2.24, 2.45) is 0 Å². The molecule has 0 bridgehead atoms. The highest BCUT2D eigenvalue weighted by atomic mass is 32.2. The second kappa shape index (κ2) is 8.82. The Morgan fingerprint density at radius 2 is 1.88 bits per heavy atom. The van der Waals surface area contributed by atoms with E-state index in [1.807, 2.05) is 36.4 Å². The van der Waals surface area contributed by atoms with Gasteiger partial charge in [0.1, 0.15) is 11.5 Å². The summed E-state index contributed by atoms with van der Waals surface area (Å²) in [6.07, 6.45) is 1.05. The molecule has 2 aromatic carbocycles. The van der Waals surface area contributed by atoms with E-state index in [1.54, 1.807) is 30.0 Å². The third-order valence-electron chi connectivity index (χ3n) is 3.61. The van der Waals surface area contributed by atoms with Crippen LogP contribution in [-0.4, -0.2) is 21.4 Å². The first-order chi connectivity index (χ1) is 12.7. The molecule has 1 aromatic heterocycles. The first-order valence-corrected chi connectivity index (χ1v) is 9.98. The Bertz CT molecular complexity index is 868. The summed E-state index contributed by atoms with van der Waals surface area (Å²) in [5.74, 6) is 0.901. The van der Waals surface area contributed by atoms with Crippen LogP contribution in [0.2, 0.25) is 0 Å². The van der Waals surface area contributed by atoms with E-state index in [2.05, 4.69) is 29.4 Å². The summed E-state index contributed by atoms with van der Waals surface area (Å²) in [6.45, 7) is 4.27. The van der Waals surface area contributed by atoms with Gasteiger partial charge in [0.2, 0.25) is 5.13 Å². The first kappa shape index (κ1) is 18.4. The van der Waals surface area contributed by atoms with Gasteiger partial charge < -0.3 is 4.74 Å². The Morgan fingerprint density at radius 1 is 1.15 bits per heavy atom. The molecule has 0 saturated heterocycles. The number of carbonyl (C=O) groups excluding carboxylic acids is 1. The normalized spacial score (nSPS) is 11.8. The van der Waals surface area contributed by atoms with Crippen molar-refractivity contribution < 1.29 is 9.53 Å². The molecule has 7 heteroatoms. The number of rotatable bonds is 7. The number of nitrogens with zero attached hydrogens (tertiary/aromatic N) is 2. The third-order valence-corrected chi connectivity index (χ3v) is 5.80. The molecular formula is C19H19N3O2S2. The van der Waals surface area contributed by atoms with Gasteiger partial charge in [-0.2, -0.15) is 0 Å². The zero-order valence-electron chi connectivity index (χ0n) is 14.5. The van der Waals surface area contributed by atoms with Crippen LogP contribution in [0.1, 0.15) is 30.6 Å². The Balaban J connectivity index is 1.72. The maximum atomic E-state index is 12.7. The predicted molar refractivity (Wildman–Crippen MR) is 106 cm³/mol. The molecule has 1 heterocycles. The minimum atomic E-state index is -0.271. The van der Waals surface area contributed by atoms with Crippen molar-refractivity contribution >= 4 is 34.1 Å². The van der Waals surface area contributed by atoms with Gasteiger partial charge in [-0.3, -0.25) is 10.1 Å². The summed E-state index contributed by atoms with van der Waals surface area (Å²) in [5, 5.41) is 11.9. The van der Waals surface area contributed by atoms with E-state index >= 15 is 0 Å². The van der Waals surface area contributed by atoms with Gasteiger partial charge in [0.25, 0.3) is 5.91 Å². The van der Waals surface area contributed by atoms with E-state index < -0.39 is 0 Å². The van der Waals surface area contributed by atoms with Crippen LogP contribution in [0.4, 0.5) is 5.13 Å². The molecule has 1 atom stereocenters. The first-order valence-electron chi connectivity index (χ1n) is 8.29. The van der Waals surface area contributed by atoms with Crippen LogP contribution in [0, 0.1) is 0 Å². The fourth-order valence-corrected chi connectivity index (χ4v) is 4.08. The van der Waals surface area contributed by atoms with Gasteiger partial charge in [-0.15, -0.1) is 10.2 Å². The maximum absolute atomic E-state index is 12.7. The lowest BCUT2D eigenvalue weighted by Gasteiger charge is -2.10. The zero-order chi connectivity index (χ0) is 18.4. The van der Waals surface area contributed by atoms with Crippen LogP contribution in [0.15, 0.2) is 58.9 Å². The van der Waals surface area contributed by atoms with E-state index in [1.165, 1.54) is 11.3 Å². The number of hydrogen-bond acceptors (Lipinski definition) is 6. The number of nitrogens with one attached hydrogen (secondary N) is 1. The Morgan fingerprint density at radius 3 is 2.65 bits per heavy atom. The summed E-state index contributed by atoms with van der Waals surface area (Å²) in [6, 6.07) is 16.5. The third kappa shape index (κ3) is 4.83. The van der Waals surface area contributed by atoms with Crippen LogP contribution in [-0.2, 0) is 0 Å². The van der Waals surface area contributed by atoms with Gasteiger partial charge in [0, 0.05) is 5.25 Å².